The highest BCUT2D eigenvalue weighted by Gasteiger charge is 2.10. The van der Waals surface area contributed by atoms with Crippen LogP contribution in [0.4, 0.5) is 0 Å². The fourth-order valence-electron chi connectivity index (χ4n) is 2.60. The van der Waals surface area contributed by atoms with Crippen molar-refractivity contribution in [2.75, 3.05) is 13.2 Å². The Morgan fingerprint density at radius 1 is 1.19 bits per heavy atom. The highest BCUT2D eigenvalue weighted by atomic mass is 16.5. The summed E-state index contributed by atoms with van der Waals surface area (Å²) in [5, 5.41) is 13.5. The SMILES string of the molecule is Cc1cc(=O)oc2cc(OCC(=O)NC[C@H](O)c3ccccc3)ccc12. The standard InChI is InChI=1S/C20H19NO5/c1-13-9-20(24)26-18-10-15(7-8-16(13)18)25-12-19(23)21-11-17(22)14-5-3-2-4-6-14/h2-10,17,22H,11-12H2,1H3,(H,21,23)/t17-/m0/s1. The van der Waals surface area contributed by atoms with Crippen LogP contribution in [0.5, 0.6) is 5.75 Å². The van der Waals surface area contributed by atoms with Crippen LogP contribution in [-0.4, -0.2) is 24.2 Å². The molecular weight excluding hydrogens is 334 g/mol. The van der Waals surface area contributed by atoms with E-state index in [0.29, 0.717) is 11.3 Å². The number of carbonyl (C=O) groups is 1. The zero-order chi connectivity index (χ0) is 18.5. The van der Waals surface area contributed by atoms with Crippen molar-refractivity contribution in [3.63, 3.8) is 0 Å². The zero-order valence-electron chi connectivity index (χ0n) is 14.3. The summed E-state index contributed by atoms with van der Waals surface area (Å²) in [5.74, 6) is 0.0655. The molecule has 0 aliphatic heterocycles. The lowest BCUT2D eigenvalue weighted by atomic mass is 10.1. The Balaban J connectivity index is 1.56. The first-order valence-electron chi connectivity index (χ1n) is 8.20. The molecule has 3 aromatic rings. The van der Waals surface area contributed by atoms with Gasteiger partial charge in [0.2, 0.25) is 0 Å². The molecule has 1 aromatic heterocycles. The molecule has 0 saturated carbocycles. The summed E-state index contributed by atoms with van der Waals surface area (Å²) in [6.45, 7) is 1.71. The van der Waals surface area contributed by atoms with E-state index < -0.39 is 11.7 Å². The lowest BCUT2D eigenvalue weighted by Crippen LogP contribution is -2.32. The van der Waals surface area contributed by atoms with Gasteiger partial charge < -0.3 is 19.6 Å². The number of nitrogens with one attached hydrogen (secondary N) is 1. The van der Waals surface area contributed by atoms with Gasteiger partial charge in [0.05, 0.1) is 6.10 Å². The van der Waals surface area contributed by atoms with Gasteiger partial charge in [-0.05, 0) is 30.2 Å². The molecule has 0 radical (unpaired) electrons. The van der Waals surface area contributed by atoms with E-state index in [4.69, 9.17) is 9.15 Å². The molecule has 0 saturated heterocycles. The van der Waals surface area contributed by atoms with Gasteiger partial charge >= 0.3 is 5.63 Å². The molecular formula is C20H19NO5. The smallest absolute Gasteiger partial charge is 0.336 e. The lowest BCUT2D eigenvalue weighted by Gasteiger charge is -2.12. The van der Waals surface area contributed by atoms with E-state index in [0.717, 1.165) is 16.5 Å². The van der Waals surface area contributed by atoms with Crippen molar-refractivity contribution in [3.05, 3.63) is 76.1 Å². The van der Waals surface area contributed by atoms with Crippen molar-refractivity contribution in [1.29, 1.82) is 0 Å². The molecule has 6 nitrogen and oxygen atoms in total. The van der Waals surface area contributed by atoms with Gasteiger partial charge in [-0.15, -0.1) is 0 Å². The number of fused-ring (bicyclic) bond motifs is 1. The molecule has 26 heavy (non-hydrogen) atoms. The molecule has 1 amide bonds. The zero-order valence-corrected chi connectivity index (χ0v) is 14.3. The second kappa shape index (κ2) is 7.84. The molecule has 2 N–H and O–H groups in total. The van der Waals surface area contributed by atoms with Gasteiger partial charge in [-0.3, -0.25) is 4.79 Å². The fraction of sp³-hybridized carbons (Fsp3) is 0.200. The summed E-state index contributed by atoms with van der Waals surface area (Å²) < 4.78 is 10.6. The number of ether oxygens (including phenoxy) is 1. The number of aliphatic hydroxyl groups excluding tert-OH is 1. The molecule has 0 bridgehead atoms. The van der Waals surface area contributed by atoms with E-state index in [9.17, 15) is 14.7 Å². The van der Waals surface area contributed by atoms with Gasteiger partial charge in [0.15, 0.2) is 6.61 Å². The number of carbonyl (C=O) groups excluding carboxylic acids is 1. The fourth-order valence-corrected chi connectivity index (χ4v) is 2.60. The van der Waals surface area contributed by atoms with E-state index in [-0.39, 0.29) is 19.1 Å². The van der Waals surface area contributed by atoms with Crippen molar-refractivity contribution >= 4 is 16.9 Å². The number of rotatable bonds is 6. The van der Waals surface area contributed by atoms with Gasteiger partial charge in [-0.2, -0.15) is 0 Å². The van der Waals surface area contributed by atoms with Crippen LogP contribution in [0.1, 0.15) is 17.2 Å². The predicted octanol–water partition coefficient (Wildman–Crippen LogP) is 2.33. The highest BCUT2D eigenvalue weighted by molar-refractivity contribution is 5.81. The third-order valence-electron chi connectivity index (χ3n) is 3.97. The molecule has 134 valence electrons. The Bertz CT molecular complexity index is 965. The van der Waals surface area contributed by atoms with Gasteiger partial charge in [0, 0.05) is 24.1 Å². The van der Waals surface area contributed by atoms with Crippen LogP contribution in [-0.2, 0) is 4.79 Å². The number of aryl methyl sites for hydroxylation is 1. The van der Waals surface area contributed by atoms with Gasteiger partial charge in [-0.1, -0.05) is 30.3 Å². The second-order valence-corrected chi connectivity index (χ2v) is 5.93. The average Bonchev–Trinajstić information content (AvgIpc) is 2.64. The molecule has 6 heteroatoms. The monoisotopic (exact) mass is 353 g/mol. The van der Waals surface area contributed by atoms with Crippen molar-refractivity contribution in [2.45, 2.75) is 13.0 Å². The van der Waals surface area contributed by atoms with Crippen LogP contribution in [0.3, 0.4) is 0 Å². The number of hydrogen-bond acceptors (Lipinski definition) is 5. The summed E-state index contributed by atoms with van der Waals surface area (Å²) in [6.07, 6.45) is -0.780. The Morgan fingerprint density at radius 3 is 2.73 bits per heavy atom. The largest absolute Gasteiger partial charge is 0.484 e. The summed E-state index contributed by atoms with van der Waals surface area (Å²) in [7, 11) is 0. The van der Waals surface area contributed by atoms with Gasteiger partial charge in [-0.25, -0.2) is 4.79 Å². The molecule has 0 spiro atoms. The lowest BCUT2D eigenvalue weighted by molar-refractivity contribution is -0.123. The van der Waals surface area contributed by atoms with Crippen molar-refractivity contribution in [3.8, 4) is 5.75 Å². The first kappa shape index (κ1) is 17.7. The highest BCUT2D eigenvalue weighted by Crippen LogP contribution is 2.22. The summed E-state index contributed by atoms with van der Waals surface area (Å²) >= 11 is 0. The minimum Gasteiger partial charge on any atom is -0.484 e. The van der Waals surface area contributed by atoms with E-state index in [2.05, 4.69) is 5.32 Å². The molecule has 0 aliphatic rings. The minimum atomic E-state index is -0.780. The third-order valence-corrected chi connectivity index (χ3v) is 3.97. The maximum Gasteiger partial charge on any atom is 0.336 e. The molecule has 0 unspecified atom stereocenters. The topological polar surface area (TPSA) is 88.8 Å². The van der Waals surface area contributed by atoms with Gasteiger partial charge in [0.1, 0.15) is 11.3 Å². The van der Waals surface area contributed by atoms with Crippen LogP contribution in [0.25, 0.3) is 11.0 Å². The normalized spacial score (nSPS) is 11.9. The Kier molecular flexibility index (Phi) is 5.34. The quantitative estimate of drug-likeness (QED) is 0.664. The van der Waals surface area contributed by atoms with Crippen LogP contribution in [0, 0.1) is 6.92 Å². The molecule has 0 fully saturated rings. The maximum absolute atomic E-state index is 11.9. The van der Waals surface area contributed by atoms with E-state index in [1.807, 2.05) is 25.1 Å². The van der Waals surface area contributed by atoms with Crippen molar-refractivity contribution < 1.29 is 19.1 Å². The number of aliphatic hydroxyl groups is 1. The van der Waals surface area contributed by atoms with Crippen LogP contribution in [0.15, 0.2) is 63.8 Å². The second-order valence-electron chi connectivity index (χ2n) is 5.93. The summed E-state index contributed by atoms with van der Waals surface area (Å²) in [5.41, 5.74) is 1.52. The first-order valence-corrected chi connectivity index (χ1v) is 8.20. The van der Waals surface area contributed by atoms with E-state index in [1.165, 1.54) is 6.07 Å². The van der Waals surface area contributed by atoms with Crippen molar-refractivity contribution in [1.82, 2.24) is 5.32 Å². The Labute approximate surface area is 150 Å². The van der Waals surface area contributed by atoms with E-state index in [1.54, 1.807) is 30.3 Å². The number of benzene rings is 2. The summed E-state index contributed by atoms with van der Waals surface area (Å²) in [4.78, 5) is 23.4. The molecule has 2 aromatic carbocycles. The van der Waals surface area contributed by atoms with Crippen LogP contribution < -0.4 is 15.7 Å². The van der Waals surface area contributed by atoms with Crippen LogP contribution in [0.2, 0.25) is 0 Å². The Morgan fingerprint density at radius 2 is 1.96 bits per heavy atom. The minimum absolute atomic E-state index is 0.0952. The van der Waals surface area contributed by atoms with Crippen molar-refractivity contribution in [2.24, 2.45) is 0 Å². The number of hydrogen-bond donors (Lipinski definition) is 2. The molecule has 0 aliphatic carbocycles. The third kappa shape index (κ3) is 4.29. The average molecular weight is 353 g/mol. The predicted molar refractivity (Wildman–Crippen MR) is 97.1 cm³/mol. The molecule has 1 atom stereocenters. The van der Waals surface area contributed by atoms with Gasteiger partial charge in [0.25, 0.3) is 5.91 Å². The van der Waals surface area contributed by atoms with E-state index >= 15 is 0 Å². The Hall–Kier alpha value is -3.12. The number of amides is 1. The summed E-state index contributed by atoms with van der Waals surface area (Å²) in [6, 6.07) is 15.6. The molecule has 3 rings (SSSR count). The van der Waals surface area contributed by atoms with Crippen LogP contribution >= 0.6 is 0 Å². The maximum atomic E-state index is 11.9. The first-order chi connectivity index (χ1) is 12.5. The molecule has 1 heterocycles.